The summed E-state index contributed by atoms with van der Waals surface area (Å²) in [4.78, 5) is 0. The number of hydrogen-bond acceptors (Lipinski definition) is 7. The van der Waals surface area contributed by atoms with Gasteiger partial charge >= 0.3 is 0 Å². The zero-order valence-electron chi connectivity index (χ0n) is 17.0. The first-order valence-corrected chi connectivity index (χ1v) is 9.18. The first-order valence-electron chi connectivity index (χ1n) is 9.18. The SMILES string of the molecule is COc1cc(C2Oc3c(OC)cc(C=CCO)cc3C2CO)cc(OC)c1OC. The van der Waals surface area contributed by atoms with Crippen molar-refractivity contribution in [2.24, 2.45) is 0 Å². The molecule has 0 aliphatic carbocycles. The zero-order chi connectivity index (χ0) is 21.0. The highest BCUT2D eigenvalue weighted by Crippen LogP contribution is 2.52. The molecule has 0 bridgehead atoms. The maximum absolute atomic E-state index is 10.2. The minimum Gasteiger partial charge on any atom is -0.493 e. The van der Waals surface area contributed by atoms with Crippen molar-refractivity contribution in [2.75, 3.05) is 41.7 Å². The highest BCUT2D eigenvalue weighted by Gasteiger charge is 2.38. The second kappa shape index (κ2) is 9.07. The van der Waals surface area contributed by atoms with Crippen LogP contribution in [0.25, 0.3) is 6.08 Å². The monoisotopic (exact) mass is 402 g/mol. The summed E-state index contributed by atoms with van der Waals surface area (Å²) in [5, 5.41) is 19.2. The molecule has 1 aliphatic heterocycles. The Hall–Kier alpha value is -2.90. The number of benzene rings is 2. The van der Waals surface area contributed by atoms with Gasteiger partial charge in [0, 0.05) is 11.1 Å². The molecule has 3 rings (SSSR count). The summed E-state index contributed by atoms with van der Waals surface area (Å²) < 4.78 is 28.0. The van der Waals surface area contributed by atoms with Crippen molar-refractivity contribution in [3.05, 3.63) is 47.0 Å². The number of rotatable bonds is 8. The lowest BCUT2D eigenvalue weighted by Crippen LogP contribution is -2.14. The smallest absolute Gasteiger partial charge is 0.203 e. The third kappa shape index (κ3) is 3.83. The van der Waals surface area contributed by atoms with Crippen molar-refractivity contribution in [1.29, 1.82) is 0 Å². The molecular formula is C22H26O7. The maximum Gasteiger partial charge on any atom is 0.203 e. The van der Waals surface area contributed by atoms with E-state index < -0.39 is 6.10 Å². The lowest BCUT2D eigenvalue weighted by molar-refractivity contribution is 0.156. The van der Waals surface area contributed by atoms with Crippen LogP contribution in [-0.4, -0.2) is 51.9 Å². The van der Waals surface area contributed by atoms with Crippen LogP contribution in [0, 0.1) is 0 Å². The normalized spacial score (nSPS) is 17.7. The Morgan fingerprint density at radius 3 is 2.07 bits per heavy atom. The molecule has 2 atom stereocenters. The lowest BCUT2D eigenvalue weighted by atomic mass is 9.90. The van der Waals surface area contributed by atoms with Gasteiger partial charge in [0.2, 0.25) is 5.75 Å². The van der Waals surface area contributed by atoms with E-state index in [9.17, 15) is 5.11 Å². The Bertz CT molecular complexity index is 866. The minimum atomic E-state index is -0.463. The number of methoxy groups -OCH3 is 4. The van der Waals surface area contributed by atoms with Gasteiger partial charge in [-0.2, -0.15) is 0 Å². The van der Waals surface area contributed by atoms with E-state index in [0.29, 0.717) is 28.7 Å². The van der Waals surface area contributed by atoms with Gasteiger partial charge in [-0.05, 0) is 29.8 Å². The van der Waals surface area contributed by atoms with Crippen LogP contribution in [0.5, 0.6) is 28.7 Å². The van der Waals surface area contributed by atoms with Crippen LogP contribution in [0.15, 0.2) is 30.3 Å². The molecule has 0 spiro atoms. The van der Waals surface area contributed by atoms with Gasteiger partial charge in [0.1, 0.15) is 6.10 Å². The molecule has 0 saturated heterocycles. The van der Waals surface area contributed by atoms with Gasteiger partial charge in [-0.15, -0.1) is 0 Å². The number of aliphatic hydroxyl groups excluding tert-OH is 2. The van der Waals surface area contributed by atoms with E-state index in [1.54, 1.807) is 40.6 Å². The molecule has 1 heterocycles. The van der Waals surface area contributed by atoms with Gasteiger partial charge in [-0.1, -0.05) is 12.2 Å². The summed E-state index contributed by atoms with van der Waals surface area (Å²) >= 11 is 0. The molecule has 2 N–H and O–H groups in total. The molecule has 1 aliphatic rings. The quantitative estimate of drug-likeness (QED) is 0.702. The lowest BCUT2D eigenvalue weighted by Gasteiger charge is -2.20. The fraction of sp³-hybridized carbons (Fsp3) is 0.364. The largest absolute Gasteiger partial charge is 0.493 e. The number of hydrogen-bond donors (Lipinski definition) is 2. The minimum absolute atomic E-state index is 0.0621. The second-order valence-electron chi connectivity index (χ2n) is 6.51. The molecule has 2 aromatic carbocycles. The molecule has 156 valence electrons. The number of ether oxygens (including phenoxy) is 5. The Morgan fingerprint density at radius 2 is 1.55 bits per heavy atom. The molecule has 0 radical (unpaired) electrons. The van der Waals surface area contributed by atoms with Crippen molar-refractivity contribution in [3.63, 3.8) is 0 Å². The predicted octanol–water partition coefficient (Wildman–Crippen LogP) is 2.94. The molecule has 7 nitrogen and oxygen atoms in total. The second-order valence-corrected chi connectivity index (χ2v) is 6.51. The summed E-state index contributed by atoms with van der Waals surface area (Å²) in [5.74, 6) is 2.35. The molecule has 7 heteroatoms. The van der Waals surface area contributed by atoms with Crippen LogP contribution in [0.2, 0.25) is 0 Å². The molecular weight excluding hydrogens is 376 g/mol. The van der Waals surface area contributed by atoms with Crippen LogP contribution in [0.1, 0.15) is 28.7 Å². The number of fused-ring (bicyclic) bond motifs is 1. The van der Waals surface area contributed by atoms with Crippen molar-refractivity contribution in [3.8, 4) is 28.7 Å². The van der Waals surface area contributed by atoms with Crippen LogP contribution in [0.3, 0.4) is 0 Å². The number of aliphatic hydroxyl groups is 2. The van der Waals surface area contributed by atoms with E-state index in [-0.39, 0.29) is 19.1 Å². The fourth-order valence-electron chi connectivity index (χ4n) is 3.62. The Kier molecular flexibility index (Phi) is 6.51. The molecule has 0 aromatic heterocycles. The van der Waals surface area contributed by atoms with E-state index in [1.807, 2.05) is 24.3 Å². The van der Waals surface area contributed by atoms with Gasteiger partial charge in [0.25, 0.3) is 0 Å². The third-order valence-corrected chi connectivity index (χ3v) is 4.96. The van der Waals surface area contributed by atoms with Gasteiger partial charge in [-0.3, -0.25) is 0 Å². The maximum atomic E-state index is 10.2. The molecule has 0 fully saturated rings. The van der Waals surface area contributed by atoms with Crippen molar-refractivity contribution in [2.45, 2.75) is 12.0 Å². The zero-order valence-corrected chi connectivity index (χ0v) is 17.0. The molecule has 0 saturated carbocycles. The Balaban J connectivity index is 2.09. The summed E-state index contributed by atoms with van der Waals surface area (Å²) in [7, 11) is 6.22. The third-order valence-electron chi connectivity index (χ3n) is 4.96. The Labute approximate surface area is 170 Å². The topological polar surface area (TPSA) is 86.6 Å². The van der Waals surface area contributed by atoms with Crippen molar-refractivity contribution < 1.29 is 33.9 Å². The average Bonchev–Trinajstić information content (AvgIpc) is 3.14. The first-order chi connectivity index (χ1) is 14.1. The van der Waals surface area contributed by atoms with Crippen molar-refractivity contribution >= 4 is 6.08 Å². The summed E-state index contributed by atoms with van der Waals surface area (Å²) in [5.41, 5.74) is 2.47. The van der Waals surface area contributed by atoms with Crippen LogP contribution < -0.4 is 23.7 Å². The van der Waals surface area contributed by atoms with Gasteiger partial charge in [-0.25, -0.2) is 0 Å². The fourth-order valence-corrected chi connectivity index (χ4v) is 3.62. The van der Waals surface area contributed by atoms with Crippen LogP contribution in [0.4, 0.5) is 0 Å². The van der Waals surface area contributed by atoms with E-state index in [0.717, 1.165) is 16.7 Å². The highest BCUT2D eigenvalue weighted by molar-refractivity contribution is 5.63. The standard InChI is InChI=1S/C22H26O7/c1-25-17-9-13(6-5-7-23)8-15-16(12-24)20(29-21(15)17)14-10-18(26-2)22(28-4)19(11-14)27-3/h5-6,8-11,16,20,23-24H,7,12H2,1-4H3. The molecule has 29 heavy (non-hydrogen) atoms. The van der Waals surface area contributed by atoms with Gasteiger partial charge < -0.3 is 33.9 Å². The predicted molar refractivity (Wildman–Crippen MR) is 108 cm³/mol. The van der Waals surface area contributed by atoms with Gasteiger partial charge in [0.05, 0.1) is 47.6 Å². The van der Waals surface area contributed by atoms with E-state index in [4.69, 9.17) is 28.8 Å². The Morgan fingerprint density at radius 1 is 0.897 bits per heavy atom. The summed E-state index contributed by atoms with van der Waals surface area (Å²) in [6.07, 6.45) is 2.97. The molecule has 2 aromatic rings. The first kappa shape index (κ1) is 20.8. The van der Waals surface area contributed by atoms with E-state index in [2.05, 4.69) is 0 Å². The highest BCUT2D eigenvalue weighted by atomic mass is 16.5. The van der Waals surface area contributed by atoms with E-state index in [1.165, 1.54) is 0 Å². The van der Waals surface area contributed by atoms with Gasteiger partial charge in [0.15, 0.2) is 23.0 Å². The summed E-state index contributed by atoms with van der Waals surface area (Å²) in [6, 6.07) is 7.40. The van der Waals surface area contributed by atoms with E-state index >= 15 is 0 Å². The van der Waals surface area contributed by atoms with Crippen LogP contribution in [-0.2, 0) is 0 Å². The van der Waals surface area contributed by atoms with Crippen molar-refractivity contribution in [1.82, 2.24) is 0 Å². The van der Waals surface area contributed by atoms with Crippen LogP contribution >= 0.6 is 0 Å². The molecule has 2 unspecified atom stereocenters. The average molecular weight is 402 g/mol. The molecule has 0 amide bonds. The summed E-state index contributed by atoms with van der Waals surface area (Å²) in [6.45, 7) is -0.182.